The Bertz CT molecular complexity index is 2730. The number of aromatic nitrogens is 4. The number of aromatic amines is 1. The third-order valence-electron chi connectivity index (χ3n) is 10.1. The number of amides is 1. The van der Waals surface area contributed by atoms with Crippen LogP contribution in [0.3, 0.4) is 0 Å². The van der Waals surface area contributed by atoms with Crippen LogP contribution in [0, 0.1) is 30.1 Å². The lowest BCUT2D eigenvalue weighted by Crippen LogP contribution is -2.55. The van der Waals surface area contributed by atoms with Gasteiger partial charge in [-0.2, -0.15) is 5.26 Å². The topological polar surface area (TPSA) is 174 Å². The van der Waals surface area contributed by atoms with E-state index in [1.165, 1.54) is 22.2 Å². The minimum atomic E-state index is -3.87. The SMILES string of the molecule is Cc1nc2cnc(N(C)C3CCN(C4CC(F)(F)C4)CC3)c(C#N)c2c(=O)n1CC#Cc1ccc(Cl)cc1-c1cc(=O)[nH]c2c(C(=O)NS(C)(=O)=O)csc12. The van der Waals surface area contributed by atoms with Gasteiger partial charge in [0.05, 0.1) is 45.7 Å². The van der Waals surface area contributed by atoms with Crippen LogP contribution in [0.2, 0.25) is 5.02 Å². The first-order valence-electron chi connectivity index (χ1n) is 17.1. The Labute approximate surface area is 322 Å². The maximum Gasteiger partial charge on any atom is 0.267 e. The van der Waals surface area contributed by atoms with Gasteiger partial charge in [-0.25, -0.2) is 31.9 Å². The number of nitrogens with one attached hydrogen (secondary N) is 2. The van der Waals surface area contributed by atoms with Gasteiger partial charge in [-0.05, 0) is 38.0 Å². The normalized spacial score (nSPS) is 16.3. The second kappa shape index (κ2) is 14.5. The number of halogens is 3. The van der Waals surface area contributed by atoms with E-state index in [2.05, 4.69) is 37.8 Å². The fourth-order valence-electron chi connectivity index (χ4n) is 7.26. The van der Waals surface area contributed by atoms with Gasteiger partial charge in [0.2, 0.25) is 15.6 Å². The standard InChI is InChI=1S/C37H33ClF2N8O5S2/c1-20-43-29-18-42-34(46(2)23-8-11-47(12-9-23)24-15-37(39,40)16-24)27(17-41)31(29)36(51)48(20)10-4-5-21-6-7-22(38)13-25(21)26-14-30(49)44-32-28(19-54-33(26)32)35(50)45-55(3,52)53/h6-7,13-14,18-19,23-24H,8-12,15-16H2,1-3H3,(H,44,49)(H,45,50). The van der Waals surface area contributed by atoms with Crippen LogP contribution in [0.25, 0.3) is 32.2 Å². The quantitative estimate of drug-likeness (QED) is 0.221. The van der Waals surface area contributed by atoms with Crippen LogP contribution in [0.15, 0.2) is 45.4 Å². The number of piperidine rings is 1. The zero-order chi connectivity index (χ0) is 39.4. The van der Waals surface area contributed by atoms with Gasteiger partial charge in [-0.3, -0.25) is 23.9 Å². The summed E-state index contributed by atoms with van der Waals surface area (Å²) in [5, 5.41) is 12.2. The molecule has 5 heterocycles. The van der Waals surface area contributed by atoms with Crippen molar-refractivity contribution in [1.29, 1.82) is 5.26 Å². The first-order valence-corrected chi connectivity index (χ1v) is 20.3. The number of aryl methyl sites for hydroxylation is 1. The fourth-order valence-corrected chi connectivity index (χ4v) is 8.91. The van der Waals surface area contributed by atoms with E-state index in [9.17, 15) is 36.8 Å². The molecule has 1 saturated carbocycles. The molecule has 55 heavy (non-hydrogen) atoms. The van der Waals surface area contributed by atoms with Gasteiger partial charge in [0, 0.05) is 78.2 Å². The summed E-state index contributed by atoms with van der Waals surface area (Å²) < 4.78 is 54.1. The average Bonchev–Trinajstić information content (AvgIpc) is 3.54. The maximum absolute atomic E-state index is 14.1. The van der Waals surface area contributed by atoms with Crippen molar-refractivity contribution in [3.8, 4) is 29.0 Å². The van der Waals surface area contributed by atoms with E-state index < -0.39 is 33.0 Å². The number of nitrogens with zero attached hydrogens (tertiary/aromatic N) is 6. The summed E-state index contributed by atoms with van der Waals surface area (Å²) >= 11 is 7.51. The van der Waals surface area contributed by atoms with E-state index in [1.807, 2.05) is 16.7 Å². The van der Waals surface area contributed by atoms with Gasteiger partial charge >= 0.3 is 0 Å². The molecule has 1 aliphatic carbocycles. The third kappa shape index (κ3) is 7.57. The molecule has 1 aromatic carbocycles. The molecule has 5 aromatic rings. The molecule has 18 heteroatoms. The fraction of sp³-hybridized carbons (Fsp3) is 0.351. The van der Waals surface area contributed by atoms with Crippen molar-refractivity contribution >= 4 is 65.8 Å². The summed E-state index contributed by atoms with van der Waals surface area (Å²) in [5.74, 6) is 3.29. The van der Waals surface area contributed by atoms with E-state index >= 15 is 0 Å². The number of thiophene rings is 1. The van der Waals surface area contributed by atoms with Crippen molar-refractivity contribution in [2.45, 2.75) is 57.2 Å². The number of alkyl halides is 2. The Morgan fingerprint density at radius 1 is 1.20 bits per heavy atom. The molecule has 2 fully saturated rings. The second-order valence-corrected chi connectivity index (χ2v) is 16.8. The Morgan fingerprint density at radius 3 is 2.60 bits per heavy atom. The summed E-state index contributed by atoms with van der Waals surface area (Å²) in [6.07, 6.45) is 3.47. The van der Waals surface area contributed by atoms with Crippen LogP contribution in [0.5, 0.6) is 0 Å². The average molecular weight is 807 g/mol. The van der Waals surface area contributed by atoms with Crippen molar-refractivity contribution in [2.24, 2.45) is 0 Å². The molecule has 0 bridgehead atoms. The van der Waals surface area contributed by atoms with Gasteiger partial charge in [0.25, 0.3) is 17.4 Å². The number of hydrogen-bond acceptors (Lipinski definition) is 11. The summed E-state index contributed by atoms with van der Waals surface area (Å²) in [6.45, 7) is 2.84. The largest absolute Gasteiger partial charge is 0.355 e. The molecule has 0 spiro atoms. The first-order chi connectivity index (χ1) is 26.0. The zero-order valence-electron chi connectivity index (χ0n) is 29.7. The highest BCUT2D eigenvalue weighted by atomic mass is 35.5. The minimum absolute atomic E-state index is 0.0131. The van der Waals surface area contributed by atoms with Crippen molar-refractivity contribution in [3.05, 3.63) is 84.1 Å². The van der Waals surface area contributed by atoms with Crippen LogP contribution in [-0.2, 0) is 16.6 Å². The summed E-state index contributed by atoms with van der Waals surface area (Å²) in [4.78, 5) is 55.3. The number of H-pyrrole nitrogens is 1. The molecule has 0 radical (unpaired) electrons. The van der Waals surface area contributed by atoms with Gasteiger partial charge in [-0.1, -0.05) is 23.4 Å². The molecule has 0 atom stereocenters. The lowest BCUT2D eigenvalue weighted by molar-refractivity contribution is -0.127. The van der Waals surface area contributed by atoms with Crippen LogP contribution in [-0.4, -0.2) is 83.1 Å². The lowest BCUT2D eigenvalue weighted by atomic mass is 9.85. The molecule has 1 aliphatic heterocycles. The van der Waals surface area contributed by atoms with E-state index in [1.54, 1.807) is 25.1 Å². The highest BCUT2D eigenvalue weighted by Gasteiger charge is 2.48. The molecule has 1 saturated heterocycles. The number of likely N-dealkylation sites (tertiary alicyclic amines) is 1. The van der Waals surface area contributed by atoms with Crippen LogP contribution in [0.1, 0.15) is 53.0 Å². The molecule has 0 unspecified atom stereocenters. The molecule has 1 amide bonds. The van der Waals surface area contributed by atoms with E-state index in [0.717, 1.165) is 17.6 Å². The number of sulfonamides is 1. The lowest BCUT2D eigenvalue weighted by Gasteiger charge is -2.46. The number of anilines is 1. The Hall–Kier alpha value is -5.20. The zero-order valence-corrected chi connectivity index (χ0v) is 32.1. The van der Waals surface area contributed by atoms with Crippen molar-refractivity contribution in [1.82, 2.24) is 29.1 Å². The second-order valence-electron chi connectivity index (χ2n) is 13.8. The number of nitriles is 1. The van der Waals surface area contributed by atoms with Crippen molar-refractivity contribution in [3.63, 3.8) is 0 Å². The van der Waals surface area contributed by atoms with Gasteiger partial charge in [0.15, 0.2) is 0 Å². The molecule has 2 aliphatic rings. The predicted octanol–water partition coefficient (Wildman–Crippen LogP) is 4.63. The van der Waals surface area contributed by atoms with Gasteiger partial charge in [-0.15, -0.1) is 11.3 Å². The smallest absolute Gasteiger partial charge is 0.267 e. The summed E-state index contributed by atoms with van der Waals surface area (Å²) in [5.41, 5.74) is 0.782. The van der Waals surface area contributed by atoms with E-state index in [4.69, 9.17) is 11.6 Å². The predicted molar refractivity (Wildman–Crippen MR) is 206 cm³/mol. The van der Waals surface area contributed by atoms with Crippen molar-refractivity contribution in [2.75, 3.05) is 31.3 Å². The number of rotatable bonds is 7. The number of hydrogen-bond donors (Lipinski definition) is 2. The van der Waals surface area contributed by atoms with Crippen molar-refractivity contribution < 1.29 is 22.0 Å². The van der Waals surface area contributed by atoms with Gasteiger partial charge in [0.1, 0.15) is 23.3 Å². The highest BCUT2D eigenvalue weighted by molar-refractivity contribution is 7.89. The number of carbonyl (C=O) groups excluding carboxylic acids is 1. The van der Waals surface area contributed by atoms with E-state index in [-0.39, 0.29) is 59.0 Å². The third-order valence-corrected chi connectivity index (χ3v) is 11.9. The molecule has 284 valence electrons. The number of benzene rings is 1. The molecular weight excluding hydrogens is 774 g/mol. The Kier molecular flexibility index (Phi) is 10.0. The number of fused-ring (bicyclic) bond motifs is 2. The van der Waals surface area contributed by atoms with E-state index in [0.29, 0.717) is 64.0 Å². The maximum atomic E-state index is 14.1. The Balaban J connectivity index is 1.19. The Morgan fingerprint density at radius 2 is 1.93 bits per heavy atom. The molecule has 7 rings (SSSR count). The van der Waals surface area contributed by atoms with Crippen LogP contribution in [0.4, 0.5) is 14.6 Å². The molecule has 4 aromatic heterocycles. The monoisotopic (exact) mass is 806 g/mol. The first kappa shape index (κ1) is 38.1. The summed E-state index contributed by atoms with van der Waals surface area (Å²) in [6, 6.07) is 8.27. The molecule has 2 N–H and O–H groups in total. The van der Waals surface area contributed by atoms with Crippen LogP contribution >= 0.6 is 22.9 Å². The number of carbonyl (C=O) groups is 1. The molecular formula is C37H33ClF2N8O5S2. The number of pyridine rings is 2. The summed E-state index contributed by atoms with van der Waals surface area (Å²) in [7, 11) is -2.05. The minimum Gasteiger partial charge on any atom is -0.355 e. The van der Waals surface area contributed by atoms with Crippen LogP contribution < -0.4 is 20.7 Å². The molecule has 13 nitrogen and oxygen atoms in total. The van der Waals surface area contributed by atoms with Gasteiger partial charge < -0.3 is 9.88 Å². The highest BCUT2D eigenvalue weighted by Crippen LogP contribution is 2.42.